The number of halogens is 2. The predicted octanol–water partition coefficient (Wildman–Crippen LogP) is 2.42. The summed E-state index contributed by atoms with van der Waals surface area (Å²) in [4.78, 5) is 11.9. The van der Waals surface area contributed by atoms with E-state index in [1.165, 1.54) is 18.2 Å². The molecule has 0 aromatic heterocycles. The highest BCUT2D eigenvalue weighted by molar-refractivity contribution is 6.33. The fourth-order valence-electron chi connectivity index (χ4n) is 1.90. The standard InChI is InChI=1S/C12H14ClFN2O/c13-10-4-3-9(14)6-11(10)16-12(17)8-2-1-5-15-7-8/h3-4,6,8,15H,1-2,5,7H2,(H,16,17). The highest BCUT2D eigenvalue weighted by Gasteiger charge is 2.21. The number of carbonyl (C=O) groups excluding carboxylic acids is 1. The molecule has 92 valence electrons. The van der Waals surface area contributed by atoms with Gasteiger partial charge in [0.1, 0.15) is 5.82 Å². The maximum absolute atomic E-state index is 13.0. The third kappa shape index (κ3) is 3.17. The summed E-state index contributed by atoms with van der Waals surface area (Å²) in [5, 5.41) is 6.18. The average Bonchev–Trinajstić information content (AvgIpc) is 2.35. The number of hydrogen-bond acceptors (Lipinski definition) is 2. The molecule has 0 bridgehead atoms. The van der Waals surface area contributed by atoms with Gasteiger partial charge in [0.15, 0.2) is 0 Å². The number of amides is 1. The van der Waals surface area contributed by atoms with Crippen LogP contribution < -0.4 is 10.6 Å². The van der Waals surface area contributed by atoms with E-state index in [1.54, 1.807) is 0 Å². The molecule has 1 aromatic rings. The number of rotatable bonds is 2. The average molecular weight is 257 g/mol. The van der Waals surface area contributed by atoms with Crippen LogP contribution in [0.2, 0.25) is 5.02 Å². The van der Waals surface area contributed by atoms with Crippen molar-refractivity contribution in [2.24, 2.45) is 5.92 Å². The number of nitrogens with one attached hydrogen (secondary N) is 2. The molecule has 1 aromatic carbocycles. The van der Waals surface area contributed by atoms with Crippen molar-refractivity contribution in [1.29, 1.82) is 0 Å². The van der Waals surface area contributed by atoms with Crippen LogP contribution >= 0.6 is 11.6 Å². The van der Waals surface area contributed by atoms with Gasteiger partial charge in [-0.1, -0.05) is 11.6 Å². The molecule has 1 aliphatic rings. The molecule has 2 N–H and O–H groups in total. The summed E-state index contributed by atoms with van der Waals surface area (Å²) in [6, 6.07) is 3.93. The lowest BCUT2D eigenvalue weighted by Crippen LogP contribution is -2.37. The van der Waals surface area contributed by atoms with Gasteiger partial charge in [0.05, 0.1) is 16.6 Å². The topological polar surface area (TPSA) is 41.1 Å². The van der Waals surface area contributed by atoms with E-state index < -0.39 is 5.82 Å². The summed E-state index contributed by atoms with van der Waals surface area (Å²) in [5.74, 6) is -0.584. The molecule has 0 saturated carbocycles. The monoisotopic (exact) mass is 256 g/mol. The fraction of sp³-hybridized carbons (Fsp3) is 0.417. The smallest absolute Gasteiger partial charge is 0.228 e. The zero-order valence-corrected chi connectivity index (χ0v) is 10.1. The van der Waals surface area contributed by atoms with Crippen LogP contribution in [0.25, 0.3) is 0 Å². The van der Waals surface area contributed by atoms with Gasteiger partial charge in [-0.25, -0.2) is 4.39 Å². The Kier molecular flexibility index (Phi) is 3.97. The third-order valence-electron chi connectivity index (χ3n) is 2.85. The Hall–Kier alpha value is -1.13. The van der Waals surface area contributed by atoms with E-state index in [0.717, 1.165) is 19.4 Å². The Bertz CT molecular complexity index is 419. The Morgan fingerprint density at radius 1 is 1.53 bits per heavy atom. The zero-order chi connectivity index (χ0) is 12.3. The van der Waals surface area contributed by atoms with Crippen molar-refractivity contribution in [1.82, 2.24) is 5.32 Å². The molecule has 0 radical (unpaired) electrons. The van der Waals surface area contributed by atoms with Gasteiger partial charge in [0.2, 0.25) is 5.91 Å². The van der Waals surface area contributed by atoms with Crippen LogP contribution in [0.15, 0.2) is 18.2 Å². The molecule has 3 nitrogen and oxygen atoms in total. The van der Waals surface area contributed by atoms with Crippen LogP contribution in [0.3, 0.4) is 0 Å². The molecule has 2 rings (SSSR count). The minimum absolute atomic E-state index is 0.0666. The quantitative estimate of drug-likeness (QED) is 0.853. The molecule has 5 heteroatoms. The highest BCUT2D eigenvalue weighted by Crippen LogP contribution is 2.23. The van der Waals surface area contributed by atoms with Crippen molar-refractivity contribution in [3.05, 3.63) is 29.0 Å². The first-order valence-electron chi connectivity index (χ1n) is 5.63. The molecule has 1 unspecified atom stereocenters. The lowest BCUT2D eigenvalue weighted by Gasteiger charge is -2.22. The molecule has 0 aliphatic carbocycles. The Balaban J connectivity index is 2.04. The van der Waals surface area contributed by atoms with Gasteiger partial charge in [-0.3, -0.25) is 4.79 Å². The van der Waals surface area contributed by atoms with Crippen LogP contribution in [-0.4, -0.2) is 19.0 Å². The van der Waals surface area contributed by atoms with E-state index in [1.807, 2.05) is 0 Å². The van der Waals surface area contributed by atoms with Crippen LogP contribution in [-0.2, 0) is 4.79 Å². The molecule has 1 saturated heterocycles. The third-order valence-corrected chi connectivity index (χ3v) is 3.18. The van der Waals surface area contributed by atoms with Gasteiger partial charge in [0.25, 0.3) is 0 Å². The molecule has 1 heterocycles. The summed E-state index contributed by atoms with van der Waals surface area (Å²) >= 11 is 5.88. The summed E-state index contributed by atoms with van der Waals surface area (Å²) in [7, 11) is 0. The maximum atomic E-state index is 13.0. The lowest BCUT2D eigenvalue weighted by atomic mass is 9.99. The van der Waals surface area contributed by atoms with E-state index >= 15 is 0 Å². The first kappa shape index (κ1) is 12.3. The second-order valence-electron chi connectivity index (χ2n) is 4.16. The lowest BCUT2D eigenvalue weighted by molar-refractivity contribution is -0.120. The molecule has 17 heavy (non-hydrogen) atoms. The molecule has 0 spiro atoms. The van der Waals surface area contributed by atoms with Crippen LogP contribution in [0.4, 0.5) is 10.1 Å². The molecule has 1 atom stereocenters. The first-order valence-corrected chi connectivity index (χ1v) is 6.01. The second kappa shape index (κ2) is 5.47. The van der Waals surface area contributed by atoms with Crippen molar-refractivity contribution in [2.75, 3.05) is 18.4 Å². The Morgan fingerprint density at radius 3 is 3.06 bits per heavy atom. The van der Waals surface area contributed by atoms with Gasteiger partial charge in [0, 0.05) is 6.54 Å². The maximum Gasteiger partial charge on any atom is 0.228 e. The van der Waals surface area contributed by atoms with E-state index in [2.05, 4.69) is 10.6 Å². The van der Waals surface area contributed by atoms with Gasteiger partial charge >= 0.3 is 0 Å². The van der Waals surface area contributed by atoms with E-state index in [4.69, 9.17) is 11.6 Å². The van der Waals surface area contributed by atoms with Crippen molar-refractivity contribution in [3.63, 3.8) is 0 Å². The van der Waals surface area contributed by atoms with Crippen LogP contribution in [0.5, 0.6) is 0 Å². The number of anilines is 1. The number of carbonyl (C=O) groups is 1. The van der Waals surface area contributed by atoms with E-state index in [9.17, 15) is 9.18 Å². The summed E-state index contributed by atoms with van der Waals surface area (Å²) in [6.07, 6.45) is 1.83. The molecule has 1 fully saturated rings. The molecule has 1 amide bonds. The molecule has 1 aliphatic heterocycles. The second-order valence-corrected chi connectivity index (χ2v) is 4.56. The van der Waals surface area contributed by atoms with Gasteiger partial charge in [-0.05, 0) is 37.6 Å². The zero-order valence-electron chi connectivity index (χ0n) is 9.30. The summed E-state index contributed by atoms with van der Waals surface area (Å²) in [5.41, 5.74) is 0.335. The summed E-state index contributed by atoms with van der Waals surface area (Å²) in [6.45, 7) is 1.61. The first-order chi connectivity index (χ1) is 8.16. The largest absolute Gasteiger partial charge is 0.324 e. The fourth-order valence-corrected chi connectivity index (χ4v) is 2.07. The van der Waals surface area contributed by atoms with E-state index in [-0.39, 0.29) is 11.8 Å². The van der Waals surface area contributed by atoms with Gasteiger partial charge in [-0.2, -0.15) is 0 Å². The van der Waals surface area contributed by atoms with Gasteiger partial charge < -0.3 is 10.6 Å². The van der Waals surface area contributed by atoms with Crippen molar-refractivity contribution in [3.8, 4) is 0 Å². The normalized spacial score (nSPS) is 20.0. The van der Waals surface area contributed by atoms with Crippen molar-refractivity contribution in [2.45, 2.75) is 12.8 Å². The molecular formula is C12H14ClFN2O. The summed E-state index contributed by atoms with van der Waals surface area (Å²) < 4.78 is 13.0. The predicted molar refractivity (Wildman–Crippen MR) is 65.6 cm³/mol. The number of benzene rings is 1. The SMILES string of the molecule is O=C(Nc1cc(F)ccc1Cl)C1CCCNC1. The Morgan fingerprint density at radius 2 is 2.35 bits per heavy atom. The van der Waals surface area contributed by atoms with Crippen LogP contribution in [0.1, 0.15) is 12.8 Å². The van der Waals surface area contributed by atoms with E-state index in [0.29, 0.717) is 17.3 Å². The molecular weight excluding hydrogens is 243 g/mol. The highest BCUT2D eigenvalue weighted by atomic mass is 35.5. The minimum Gasteiger partial charge on any atom is -0.324 e. The minimum atomic E-state index is -0.411. The van der Waals surface area contributed by atoms with Gasteiger partial charge in [-0.15, -0.1) is 0 Å². The van der Waals surface area contributed by atoms with Crippen molar-refractivity contribution >= 4 is 23.2 Å². The Labute approximate surface area is 104 Å². The van der Waals surface area contributed by atoms with Crippen molar-refractivity contribution < 1.29 is 9.18 Å². The van der Waals surface area contributed by atoms with Crippen LogP contribution in [0, 0.1) is 11.7 Å². The number of piperidine rings is 1. The number of hydrogen-bond donors (Lipinski definition) is 2.